The standard InChI is InChI=1S/C19H23N3/c1-20-15-8-6-14(7-9-15)18-13-22-11-10-21-12-19(22)17-5-3-2-4-16(17)18/h2-9,18-21H,10-13H2,1H3. The van der Waals surface area contributed by atoms with E-state index in [0.29, 0.717) is 12.0 Å². The highest BCUT2D eigenvalue weighted by Crippen LogP contribution is 2.39. The maximum Gasteiger partial charge on any atom is 0.0476 e. The molecule has 114 valence electrons. The lowest BCUT2D eigenvalue weighted by molar-refractivity contribution is 0.143. The van der Waals surface area contributed by atoms with Crippen LogP contribution in [-0.2, 0) is 0 Å². The van der Waals surface area contributed by atoms with Gasteiger partial charge >= 0.3 is 0 Å². The number of rotatable bonds is 2. The van der Waals surface area contributed by atoms with Crippen LogP contribution in [-0.4, -0.2) is 38.1 Å². The Morgan fingerprint density at radius 1 is 1.05 bits per heavy atom. The van der Waals surface area contributed by atoms with Crippen LogP contribution in [0.4, 0.5) is 5.69 Å². The Labute approximate surface area is 132 Å². The predicted octanol–water partition coefficient (Wildman–Crippen LogP) is 2.82. The molecule has 2 aromatic carbocycles. The van der Waals surface area contributed by atoms with E-state index in [0.717, 1.165) is 26.2 Å². The van der Waals surface area contributed by atoms with Gasteiger partial charge in [0.05, 0.1) is 0 Å². The van der Waals surface area contributed by atoms with Crippen molar-refractivity contribution in [2.75, 3.05) is 38.5 Å². The molecule has 0 saturated carbocycles. The SMILES string of the molecule is CNc1ccc(C2CN3CCNCC3c3ccccc32)cc1. The van der Waals surface area contributed by atoms with E-state index in [4.69, 9.17) is 0 Å². The zero-order valence-electron chi connectivity index (χ0n) is 13.0. The normalized spacial score (nSPS) is 24.4. The van der Waals surface area contributed by atoms with E-state index in [1.165, 1.54) is 22.4 Å². The first kappa shape index (κ1) is 13.8. The largest absolute Gasteiger partial charge is 0.388 e. The maximum atomic E-state index is 3.54. The van der Waals surface area contributed by atoms with Crippen molar-refractivity contribution in [1.82, 2.24) is 10.2 Å². The first-order valence-corrected chi connectivity index (χ1v) is 8.18. The molecule has 2 unspecified atom stereocenters. The zero-order valence-corrected chi connectivity index (χ0v) is 13.0. The number of nitrogens with zero attached hydrogens (tertiary/aromatic N) is 1. The van der Waals surface area contributed by atoms with Gasteiger partial charge in [-0.1, -0.05) is 36.4 Å². The number of fused-ring (bicyclic) bond motifs is 3. The van der Waals surface area contributed by atoms with E-state index in [2.05, 4.69) is 64.1 Å². The van der Waals surface area contributed by atoms with Crippen LogP contribution in [0.5, 0.6) is 0 Å². The van der Waals surface area contributed by atoms with Gasteiger partial charge in [-0.25, -0.2) is 0 Å². The Hall–Kier alpha value is -1.84. The van der Waals surface area contributed by atoms with Crippen LogP contribution in [0.15, 0.2) is 48.5 Å². The average molecular weight is 293 g/mol. The second kappa shape index (κ2) is 5.75. The predicted molar refractivity (Wildman–Crippen MR) is 91.5 cm³/mol. The molecule has 0 aromatic heterocycles. The summed E-state index contributed by atoms with van der Waals surface area (Å²) in [4.78, 5) is 2.65. The van der Waals surface area contributed by atoms with E-state index >= 15 is 0 Å². The van der Waals surface area contributed by atoms with Gasteiger partial charge in [-0.3, -0.25) is 4.90 Å². The highest BCUT2D eigenvalue weighted by Gasteiger charge is 2.34. The molecule has 1 fully saturated rings. The second-order valence-corrected chi connectivity index (χ2v) is 6.27. The van der Waals surface area contributed by atoms with Crippen molar-refractivity contribution < 1.29 is 0 Å². The Balaban J connectivity index is 1.75. The quantitative estimate of drug-likeness (QED) is 0.891. The van der Waals surface area contributed by atoms with Gasteiger partial charge in [0.25, 0.3) is 0 Å². The molecular weight excluding hydrogens is 270 g/mol. The Bertz CT molecular complexity index is 650. The fraction of sp³-hybridized carbons (Fsp3) is 0.368. The van der Waals surface area contributed by atoms with Gasteiger partial charge in [0.2, 0.25) is 0 Å². The summed E-state index contributed by atoms with van der Waals surface area (Å²) in [5.74, 6) is 0.483. The molecule has 3 nitrogen and oxygen atoms in total. The molecule has 2 aliphatic heterocycles. The summed E-state index contributed by atoms with van der Waals surface area (Å²) in [5, 5.41) is 6.75. The molecule has 2 N–H and O–H groups in total. The van der Waals surface area contributed by atoms with Crippen molar-refractivity contribution in [3.63, 3.8) is 0 Å². The Kier molecular flexibility index (Phi) is 3.60. The highest BCUT2D eigenvalue weighted by atomic mass is 15.2. The van der Waals surface area contributed by atoms with Crippen molar-refractivity contribution in [1.29, 1.82) is 0 Å². The first-order valence-electron chi connectivity index (χ1n) is 8.18. The molecule has 2 aromatic rings. The van der Waals surface area contributed by atoms with Crippen LogP contribution in [0, 0.1) is 0 Å². The lowest BCUT2D eigenvalue weighted by atomic mass is 9.81. The van der Waals surface area contributed by atoms with Gasteiger partial charge in [-0.2, -0.15) is 0 Å². The smallest absolute Gasteiger partial charge is 0.0476 e. The minimum absolute atomic E-state index is 0.483. The molecule has 4 rings (SSSR count). The molecule has 0 amide bonds. The molecule has 22 heavy (non-hydrogen) atoms. The molecule has 1 saturated heterocycles. The zero-order chi connectivity index (χ0) is 14.9. The Morgan fingerprint density at radius 3 is 2.59 bits per heavy atom. The third-order valence-corrected chi connectivity index (χ3v) is 5.10. The number of anilines is 1. The van der Waals surface area contributed by atoms with Crippen molar-refractivity contribution in [2.45, 2.75) is 12.0 Å². The fourth-order valence-electron chi connectivity index (χ4n) is 3.90. The molecule has 3 heteroatoms. The number of hydrogen-bond acceptors (Lipinski definition) is 3. The number of benzene rings is 2. The maximum absolute atomic E-state index is 3.54. The lowest BCUT2D eigenvalue weighted by Gasteiger charge is -2.44. The van der Waals surface area contributed by atoms with Gasteiger partial charge in [-0.05, 0) is 28.8 Å². The van der Waals surface area contributed by atoms with Crippen LogP contribution in [0.1, 0.15) is 28.7 Å². The van der Waals surface area contributed by atoms with Crippen molar-refractivity contribution in [2.24, 2.45) is 0 Å². The van der Waals surface area contributed by atoms with Crippen LogP contribution in [0.25, 0.3) is 0 Å². The van der Waals surface area contributed by atoms with Gasteiger partial charge < -0.3 is 10.6 Å². The van der Waals surface area contributed by atoms with E-state index in [9.17, 15) is 0 Å². The fourth-order valence-corrected chi connectivity index (χ4v) is 3.90. The molecule has 0 aliphatic carbocycles. The monoisotopic (exact) mass is 293 g/mol. The minimum Gasteiger partial charge on any atom is -0.388 e. The van der Waals surface area contributed by atoms with Gasteiger partial charge in [0.15, 0.2) is 0 Å². The molecule has 2 heterocycles. The average Bonchev–Trinajstić information content (AvgIpc) is 2.61. The number of piperazine rings is 1. The van der Waals surface area contributed by atoms with Gasteiger partial charge in [0, 0.05) is 50.9 Å². The summed E-state index contributed by atoms with van der Waals surface area (Å²) in [7, 11) is 1.97. The highest BCUT2D eigenvalue weighted by molar-refractivity contribution is 5.48. The van der Waals surface area contributed by atoms with Gasteiger partial charge in [-0.15, -0.1) is 0 Å². The number of hydrogen-bond donors (Lipinski definition) is 2. The minimum atomic E-state index is 0.483. The molecule has 0 spiro atoms. The molecule has 2 atom stereocenters. The third-order valence-electron chi connectivity index (χ3n) is 5.10. The van der Waals surface area contributed by atoms with Crippen molar-refractivity contribution in [3.8, 4) is 0 Å². The van der Waals surface area contributed by atoms with Crippen LogP contribution in [0.2, 0.25) is 0 Å². The van der Waals surface area contributed by atoms with E-state index < -0.39 is 0 Å². The molecule has 0 radical (unpaired) electrons. The van der Waals surface area contributed by atoms with Crippen molar-refractivity contribution >= 4 is 5.69 Å². The second-order valence-electron chi connectivity index (χ2n) is 6.27. The summed E-state index contributed by atoms with van der Waals surface area (Å²) in [6.07, 6.45) is 0. The molecule has 2 aliphatic rings. The van der Waals surface area contributed by atoms with E-state index in [1.807, 2.05) is 7.05 Å². The van der Waals surface area contributed by atoms with Gasteiger partial charge in [0.1, 0.15) is 0 Å². The topological polar surface area (TPSA) is 27.3 Å². The summed E-state index contributed by atoms with van der Waals surface area (Å²) < 4.78 is 0. The van der Waals surface area contributed by atoms with Crippen LogP contribution < -0.4 is 10.6 Å². The van der Waals surface area contributed by atoms with Crippen LogP contribution >= 0.6 is 0 Å². The summed E-state index contributed by atoms with van der Waals surface area (Å²) in [6.45, 7) is 4.44. The number of nitrogens with one attached hydrogen (secondary N) is 2. The van der Waals surface area contributed by atoms with Crippen LogP contribution in [0.3, 0.4) is 0 Å². The third kappa shape index (κ3) is 2.31. The molecule has 0 bridgehead atoms. The summed E-state index contributed by atoms with van der Waals surface area (Å²) in [6, 6.07) is 18.4. The van der Waals surface area contributed by atoms with E-state index in [1.54, 1.807) is 0 Å². The van der Waals surface area contributed by atoms with Crippen molar-refractivity contribution in [3.05, 3.63) is 65.2 Å². The summed E-state index contributed by atoms with van der Waals surface area (Å²) >= 11 is 0. The first-order chi connectivity index (χ1) is 10.9. The van der Waals surface area contributed by atoms with E-state index in [-0.39, 0.29) is 0 Å². The lowest BCUT2D eigenvalue weighted by Crippen LogP contribution is -2.50. The molecular formula is C19H23N3. The Morgan fingerprint density at radius 2 is 1.82 bits per heavy atom. The summed E-state index contributed by atoms with van der Waals surface area (Å²) in [5.41, 5.74) is 5.60.